The van der Waals surface area contributed by atoms with Gasteiger partial charge in [-0.25, -0.2) is 0 Å². The van der Waals surface area contributed by atoms with Gasteiger partial charge >= 0.3 is 0 Å². The van der Waals surface area contributed by atoms with Gasteiger partial charge in [-0.1, -0.05) is 0 Å². The molecule has 14 heavy (non-hydrogen) atoms. The highest BCUT2D eigenvalue weighted by Gasteiger charge is 2.04. The van der Waals surface area contributed by atoms with Gasteiger partial charge in [0.15, 0.2) is 0 Å². The molecule has 4 nitrogen and oxygen atoms in total. The molecule has 0 aromatic carbocycles. The number of hydrogen-bond donors (Lipinski definition) is 1. The molecule has 0 saturated heterocycles. The van der Waals surface area contributed by atoms with Crippen LogP contribution in [0.5, 0.6) is 0 Å². The minimum atomic E-state index is 0.0358. The first kappa shape index (κ1) is 11.0. The second-order valence-corrected chi connectivity index (χ2v) is 3.85. The van der Waals surface area contributed by atoms with Crippen LogP contribution in [0.1, 0.15) is 0 Å². The smallest absolute Gasteiger partial charge is 0.241 e. The van der Waals surface area contributed by atoms with Crippen molar-refractivity contribution in [2.24, 2.45) is 0 Å². The summed E-state index contributed by atoms with van der Waals surface area (Å²) < 4.78 is 0.853. The largest absolute Gasteiger partial charge is 0.375 e. The number of likely N-dealkylation sites (N-methyl/N-ethyl adjacent to an activating group) is 1. The van der Waals surface area contributed by atoms with E-state index in [4.69, 9.17) is 0 Å². The van der Waals surface area contributed by atoms with Crippen molar-refractivity contribution in [1.82, 2.24) is 9.88 Å². The second-order valence-electron chi connectivity index (χ2n) is 3.00. The van der Waals surface area contributed by atoms with Crippen molar-refractivity contribution in [3.05, 3.63) is 22.9 Å². The fourth-order valence-corrected chi connectivity index (χ4v) is 1.24. The zero-order valence-corrected chi connectivity index (χ0v) is 9.71. The Hall–Kier alpha value is -1.10. The molecule has 1 amide bonds. The van der Waals surface area contributed by atoms with Crippen molar-refractivity contribution >= 4 is 27.5 Å². The molecule has 0 spiro atoms. The van der Waals surface area contributed by atoms with Crippen molar-refractivity contribution in [2.45, 2.75) is 0 Å². The van der Waals surface area contributed by atoms with E-state index in [-0.39, 0.29) is 12.5 Å². The topological polar surface area (TPSA) is 45.2 Å². The van der Waals surface area contributed by atoms with Crippen molar-refractivity contribution in [3.63, 3.8) is 0 Å². The number of halogens is 1. The lowest BCUT2D eigenvalue weighted by molar-refractivity contribution is -0.126. The molecule has 1 heterocycles. The predicted molar refractivity (Wildman–Crippen MR) is 59.1 cm³/mol. The Morgan fingerprint density at radius 3 is 2.93 bits per heavy atom. The molecule has 5 heteroatoms. The van der Waals surface area contributed by atoms with Crippen molar-refractivity contribution in [3.8, 4) is 0 Å². The maximum absolute atomic E-state index is 11.3. The number of carbonyl (C=O) groups is 1. The minimum absolute atomic E-state index is 0.0358. The Morgan fingerprint density at radius 1 is 1.64 bits per heavy atom. The number of carbonyl (C=O) groups excluding carboxylic acids is 1. The van der Waals surface area contributed by atoms with E-state index in [9.17, 15) is 4.79 Å². The molecule has 1 N–H and O–H groups in total. The van der Waals surface area contributed by atoms with Crippen LogP contribution < -0.4 is 5.32 Å². The van der Waals surface area contributed by atoms with Gasteiger partial charge in [-0.05, 0) is 22.0 Å². The van der Waals surface area contributed by atoms with Gasteiger partial charge in [-0.3, -0.25) is 9.78 Å². The molecule has 1 aromatic heterocycles. The van der Waals surface area contributed by atoms with Crippen LogP contribution in [0.25, 0.3) is 0 Å². The summed E-state index contributed by atoms with van der Waals surface area (Å²) in [5, 5.41) is 3.02. The highest BCUT2D eigenvalue weighted by molar-refractivity contribution is 9.10. The third-order valence-corrected chi connectivity index (χ3v) is 2.33. The van der Waals surface area contributed by atoms with E-state index in [2.05, 4.69) is 26.2 Å². The van der Waals surface area contributed by atoms with Gasteiger partial charge in [0.1, 0.15) is 0 Å². The van der Waals surface area contributed by atoms with Crippen LogP contribution in [0.3, 0.4) is 0 Å². The first-order chi connectivity index (χ1) is 6.61. The van der Waals surface area contributed by atoms with Crippen molar-refractivity contribution < 1.29 is 4.79 Å². The molecule has 1 rings (SSSR count). The van der Waals surface area contributed by atoms with E-state index in [0.29, 0.717) is 0 Å². The van der Waals surface area contributed by atoms with Gasteiger partial charge in [0.2, 0.25) is 5.91 Å². The molecular formula is C9H12BrN3O. The lowest BCUT2D eigenvalue weighted by Crippen LogP contribution is -2.28. The fraction of sp³-hybridized carbons (Fsp3) is 0.333. The molecule has 76 valence electrons. The molecule has 1 aromatic rings. The summed E-state index contributed by atoms with van der Waals surface area (Å²) in [6, 6.07) is 1.81. The number of aromatic nitrogens is 1. The Balaban J connectivity index is 2.54. The van der Waals surface area contributed by atoms with Crippen molar-refractivity contribution in [2.75, 3.05) is 26.0 Å². The number of rotatable bonds is 3. The van der Waals surface area contributed by atoms with Crippen LogP contribution in [-0.2, 0) is 4.79 Å². The molecule has 0 aliphatic carbocycles. The third-order valence-electron chi connectivity index (χ3n) is 1.70. The van der Waals surface area contributed by atoms with Gasteiger partial charge in [0, 0.05) is 26.5 Å². The summed E-state index contributed by atoms with van der Waals surface area (Å²) in [4.78, 5) is 16.7. The average Bonchev–Trinajstić information content (AvgIpc) is 2.16. The Morgan fingerprint density at radius 2 is 2.36 bits per heavy atom. The highest BCUT2D eigenvalue weighted by Crippen LogP contribution is 2.19. The van der Waals surface area contributed by atoms with Crippen LogP contribution in [-0.4, -0.2) is 36.4 Å². The number of nitrogens with one attached hydrogen (secondary N) is 1. The highest BCUT2D eigenvalue weighted by atomic mass is 79.9. The number of anilines is 1. The third kappa shape index (κ3) is 2.99. The Kier molecular flexibility index (Phi) is 3.88. The molecule has 0 aliphatic rings. The SMILES string of the molecule is CN(C)C(=O)CNc1ccncc1Br. The predicted octanol–water partition coefficient (Wildman–Crippen LogP) is 1.34. The standard InChI is InChI=1S/C9H12BrN3O/c1-13(2)9(14)6-12-8-3-4-11-5-7(8)10/h3-5H,6H2,1-2H3,(H,11,12). The minimum Gasteiger partial charge on any atom is -0.375 e. The van der Waals surface area contributed by atoms with E-state index in [0.717, 1.165) is 10.2 Å². The molecule has 0 radical (unpaired) electrons. The summed E-state index contributed by atoms with van der Waals surface area (Å²) in [6.45, 7) is 0.287. The van der Waals surface area contributed by atoms with Gasteiger partial charge in [-0.15, -0.1) is 0 Å². The Labute approximate surface area is 91.4 Å². The average molecular weight is 258 g/mol. The molecule has 0 fully saturated rings. The number of pyridine rings is 1. The van der Waals surface area contributed by atoms with E-state index in [1.54, 1.807) is 31.4 Å². The fourth-order valence-electron chi connectivity index (χ4n) is 0.848. The van der Waals surface area contributed by atoms with Crippen molar-refractivity contribution in [1.29, 1.82) is 0 Å². The van der Waals surface area contributed by atoms with E-state index >= 15 is 0 Å². The number of amides is 1. The van der Waals surface area contributed by atoms with Crippen LogP contribution in [0.4, 0.5) is 5.69 Å². The number of nitrogens with zero attached hydrogens (tertiary/aromatic N) is 2. The quantitative estimate of drug-likeness (QED) is 0.889. The monoisotopic (exact) mass is 257 g/mol. The van der Waals surface area contributed by atoms with Gasteiger partial charge in [0.05, 0.1) is 16.7 Å². The molecular weight excluding hydrogens is 246 g/mol. The molecule has 0 aliphatic heterocycles. The van der Waals surface area contributed by atoms with Gasteiger partial charge in [0.25, 0.3) is 0 Å². The van der Waals surface area contributed by atoms with Crippen LogP contribution in [0.2, 0.25) is 0 Å². The molecule has 0 saturated carbocycles. The first-order valence-electron chi connectivity index (χ1n) is 4.15. The maximum atomic E-state index is 11.3. The first-order valence-corrected chi connectivity index (χ1v) is 4.94. The lowest BCUT2D eigenvalue weighted by atomic mass is 10.4. The summed E-state index contributed by atoms with van der Waals surface area (Å²) in [6.07, 6.45) is 3.36. The summed E-state index contributed by atoms with van der Waals surface area (Å²) in [5.41, 5.74) is 0.871. The lowest BCUT2D eigenvalue weighted by Gasteiger charge is -2.12. The summed E-state index contributed by atoms with van der Waals surface area (Å²) >= 11 is 3.33. The van der Waals surface area contributed by atoms with E-state index < -0.39 is 0 Å². The van der Waals surface area contributed by atoms with Crippen LogP contribution in [0, 0.1) is 0 Å². The van der Waals surface area contributed by atoms with Gasteiger partial charge < -0.3 is 10.2 Å². The number of hydrogen-bond acceptors (Lipinski definition) is 3. The Bertz CT molecular complexity index is 328. The zero-order valence-electron chi connectivity index (χ0n) is 8.12. The maximum Gasteiger partial charge on any atom is 0.241 e. The molecule has 0 atom stereocenters. The summed E-state index contributed by atoms with van der Waals surface area (Å²) in [5.74, 6) is 0.0358. The van der Waals surface area contributed by atoms with Crippen LogP contribution >= 0.6 is 15.9 Å². The zero-order chi connectivity index (χ0) is 10.6. The summed E-state index contributed by atoms with van der Waals surface area (Å²) in [7, 11) is 3.46. The normalized spacial score (nSPS) is 9.64. The van der Waals surface area contributed by atoms with Crippen LogP contribution in [0.15, 0.2) is 22.9 Å². The van der Waals surface area contributed by atoms with E-state index in [1.807, 2.05) is 6.07 Å². The molecule has 0 unspecified atom stereocenters. The van der Waals surface area contributed by atoms with Gasteiger partial charge in [-0.2, -0.15) is 0 Å². The molecule has 0 bridgehead atoms. The van der Waals surface area contributed by atoms with E-state index in [1.165, 1.54) is 0 Å². The second kappa shape index (κ2) is 4.95.